The summed E-state index contributed by atoms with van der Waals surface area (Å²) in [6.07, 6.45) is 3.58. The minimum absolute atomic E-state index is 0.276. The van der Waals surface area contributed by atoms with Crippen LogP contribution in [0.5, 0.6) is 0 Å². The highest BCUT2D eigenvalue weighted by Crippen LogP contribution is 2.39. The summed E-state index contributed by atoms with van der Waals surface area (Å²) in [5.41, 5.74) is 1.91. The van der Waals surface area contributed by atoms with Crippen LogP contribution in [0.2, 0.25) is 0 Å². The zero-order chi connectivity index (χ0) is 10.8. The maximum atomic E-state index is 11.1. The van der Waals surface area contributed by atoms with Crippen molar-refractivity contribution in [2.24, 2.45) is 0 Å². The van der Waals surface area contributed by atoms with Gasteiger partial charge in [-0.05, 0) is 31.9 Å². The highest BCUT2D eigenvalue weighted by molar-refractivity contribution is 5.97. The molecular formula is C11H13N3O. The van der Waals surface area contributed by atoms with Crippen molar-refractivity contribution in [3.8, 4) is 0 Å². The van der Waals surface area contributed by atoms with Crippen molar-refractivity contribution in [3.63, 3.8) is 0 Å². The molecule has 1 saturated carbocycles. The van der Waals surface area contributed by atoms with Gasteiger partial charge in [0.25, 0.3) is 0 Å². The molecule has 0 aromatic carbocycles. The fourth-order valence-electron chi connectivity index (χ4n) is 1.40. The molecule has 4 nitrogen and oxygen atoms in total. The number of nitrogens with one attached hydrogen (secondary N) is 1. The van der Waals surface area contributed by atoms with E-state index >= 15 is 0 Å². The van der Waals surface area contributed by atoms with E-state index < -0.39 is 0 Å². The number of carbonyl (C=O) groups excluding carboxylic acids is 1. The van der Waals surface area contributed by atoms with Crippen molar-refractivity contribution >= 4 is 11.9 Å². The molecule has 0 radical (unpaired) electrons. The third kappa shape index (κ3) is 2.40. The first-order valence-electron chi connectivity index (χ1n) is 4.98. The summed E-state index contributed by atoms with van der Waals surface area (Å²) >= 11 is 0. The van der Waals surface area contributed by atoms with E-state index in [4.69, 9.17) is 0 Å². The quantitative estimate of drug-likeness (QED) is 0.762. The van der Waals surface area contributed by atoms with Gasteiger partial charge < -0.3 is 0 Å². The van der Waals surface area contributed by atoms with Crippen LogP contribution >= 0.6 is 0 Å². The van der Waals surface area contributed by atoms with E-state index in [0.29, 0.717) is 11.9 Å². The Morgan fingerprint density at radius 1 is 1.60 bits per heavy atom. The average Bonchev–Trinajstić information content (AvgIpc) is 2.99. The third-order valence-corrected chi connectivity index (χ3v) is 2.29. The molecule has 1 aliphatic rings. The number of carbonyl (C=O) groups is 1. The molecule has 1 aromatic rings. The molecule has 1 fully saturated rings. The largest absolute Gasteiger partial charge is 0.291 e. The lowest BCUT2D eigenvalue weighted by Crippen LogP contribution is -2.11. The van der Waals surface area contributed by atoms with E-state index in [1.54, 1.807) is 0 Å². The molecule has 1 heterocycles. The molecule has 2 rings (SSSR count). The first-order valence-corrected chi connectivity index (χ1v) is 4.98. The molecule has 0 saturated heterocycles. The Kier molecular flexibility index (Phi) is 2.49. The number of hydrogen-bond donors (Lipinski definition) is 1. The number of aryl methyl sites for hydroxylation is 1. The highest BCUT2D eigenvalue weighted by atomic mass is 16.1. The van der Waals surface area contributed by atoms with Crippen LogP contribution in [0.3, 0.4) is 0 Å². The van der Waals surface area contributed by atoms with Gasteiger partial charge in [0.05, 0.1) is 0 Å². The molecule has 1 N–H and O–H groups in total. The summed E-state index contributed by atoms with van der Waals surface area (Å²) in [5.74, 6) is 0.662. The summed E-state index contributed by atoms with van der Waals surface area (Å²) in [7, 11) is 0. The molecule has 78 valence electrons. The number of aromatic nitrogens is 2. The van der Waals surface area contributed by atoms with Crippen LogP contribution in [0.25, 0.3) is 0 Å². The second-order valence-electron chi connectivity index (χ2n) is 3.73. The molecule has 4 heteroatoms. The van der Waals surface area contributed by atoms with Crippen LogP contribution in [0.4, 0.5) is 5.95 Å². The number of rotatable bonds is 3. The van der Waals surface area contributed by atoms with Crippen LogP contribution in [0, 0.1) is 6.92 Å². The fourth-order valence-corrected chi connectivity index (χ4v) is 1.40. The highest BCUT2D eigenvalue weighted by Gasteiger charge is 2.25. The van der Waals surface area contributed by atoms with Gasteiger partial charge in [-0.1, -0.05) is 6.58 Å². The Labute approximate surface area is 88.4 Å². The summed E-state index contributed by atoms with van der Waals surface area (Å²) in [6.45, 7) is 5.28. The van der Waals surface area contributed by atoms with Gasteiger partial charge >= 0.3 is 0 Å². The average molecular weight is 203 g/mol. The van der Waals surface area contributed by atoms with Crippen molar-refractivity contribution in [1.82, 2.24) is 9.97 Å². The van der Waals surface area contributed by atoms with E-state index in [1.807, 2.05) is 13.0 Å². The molecule has 1 aromatic heterocycles. The van der Waals surface area contributed by atoms with Gasteiger partial charge in [-0.25, -0.2) is 9.97 Å². The molecule has 0 unspecified atom stereocenters. The summed E-state index contributed by atoms with van der Waals surface area (Å²) < 4.78 is 0. The third-order valence-electron chi connectivity index (χ3n) is 2.29. The molecule has 0 atom stereocenters. The minimum Gasteiger partial charge on any atom is -0.291 e. The van der Waals surface area contributed by atoms with Crippen molar-refractivity contribution in [2.45, 2.75) is 25.7 Å². The first kappa shape index (κ1) is 9.83. The Morgan fingerprint density at radius 3 is 2.93 bits per heavy atom. The van der Waals surface area contributed by atoms with Crippen molar-refractivity contribution < 1.29 is 4.79 Å². The monoisotopic (exact) mass is 203 g/mol. The number of nitrogens with zero attached hydrogens (tertiary/aromatic N) is 2. The van der Waals surface area contributed by atoms with Crippen molar-refractivity contribution in [1.29, 1.82) is 0 Å². The normalized spacial score (nSPS) is 14.7. The van der Waals surface area contributed by atoms with Gasteiger partial charge in [0, 0.05) is 17.3 Å². The van der Waals surface area contributed by atoms with Crippen molar-refractivity contribution in [2.75, 3.05) is 5.32 Å². The van der Waals surface area contributed by atoms with E-state index in [-0.39, 0.29) is 5.91 Å². The van der Waals surface area contributed by atoms with Crippen LogP contribution in [-0.4, -0.2) is 15.9 Å². The van der Waals surface area contributed by atoms with Crippen LogP contribution in [0.15, 0.2) is 18.7 Å². The lowest BCUT2D eigenvalue weighted by molar-refractivity contribution is -0.111. The van der Waals surface area contributed by atoms with Crippen LogP contribution in [0.1, 0.15) is 30.1 Å². The van der Waals surface area contributed by atoms with E-state index in [1.165, 1.54) is 18.9 Å². The zero-order valence-corrected chi connectivity index (χ0v) is 8.66. The van der Waals surface area contributed by atoms with Crippen molar-refractivity contribution in [3.05, 3.63) is 30.1 Å². The lowest BCUT2D eigenvalue weighted by atomic mass is 10.2. The lowest BCUT2D eigenvalue weighted by Gasteiger charge is -2.04. The Balaban J connectivity index is 2.22. The smallest absolute Gasteiger partial charge is 0.250 e. The topological polar surface area (TPSA) is 54.9 Å². The Morgan fingerprint density at radius 2 is 2.33 bits per heavy atom. The van der Waals surface area contributed by atoms with Crippen LogP contribution < -0.4 is 5.32 Å². The number of amides is 1. The Hall–Kier alpha value is -1.71. The van der Waals surface area contributed by atoms with Gasteiger partial charge in [0.1, 0.15) is 0 Å². The standard InChI is InChI=1S/C11H13N3O/c1-3-10(15)14-11-12-7(2)6-9(13-11)8-4-5-8/h3,6,8H,1,4-5H2,2H3,(H,12,13,14,15). The summed E-state index contributed by atoms with van der Waals surface area (Å²) in [5, 5.41) is 2.58. The molecule has 15 heavy (non-hydrogen) atoms. The molecular weight excluding hydrogens is 190 g/mol. The van der Waals surface area contributed by atoms with E-state index in [9.17, 15) is 4.79 Å². The molecule has 1 amide bonds. The number of anilines is 1. The van der Waals surface area contributed by atoms with E-state index in [2.05, 4.69) is 21.9 Å². The van der Waals surface area contributed by atoms with E-state index in [0.717, 1.165) is 11.4 Å². The van der Waals surface area contributed by atoms with Gasteiger partial charge in [-0.2, -0.15) is 0 Å². The zero-order valence-electron chi connectivity index (χ0n) is 8.66. The molecule has 0 bridgehead atoms. The first-order chi connectivity index (χ1) is 7.19. The summed E-state index contributed by atoms with van der Waals surface area (Å²) in [6, 6.07) is 1.97. The number of hydrogen-bond acceptors (Lipinski definition) is 3. The Bertz CT molecular complexity index is 410. The van der Waals surface area contributed by atoms with Crippen LogP contribution in [-0.2, 0) is 4.79 Å². The predicted octanol–water partition coefficient (Wildman–Crippen LogP) is 1.79. The van der Waals surface area contributed by atoms with Gasteiger partial charge in [0.2, 0.25) is 11.9 Å². The molecule has 1 aliphatic carbocycles. The predicted molar refractivity (Wildman–Crippen MR) is 57.6 cm³/mol. The molecule has 0 aliphatic heterocycles. The second-order valence-corrected chi connectivity index (χ2v) is 3.73. The maximum Gasteiger partial charge on any atom is 0.250 e. The minimum atomic E-state index is -0.276. The van der Waals surface area contributed by atoms with Gasteiger partial charge in [0.15, 0.2) is 0 Å². The fraction of sp³-hybridized carbons (Fsp3) is 0.364. The summed E-state index contributed by atoms with van der Waals surface area (Å²) in [4.78, 5) is 19.5. The molecule has 0 spiro atoms. The van der Waals surface area contributed by atoms with Gasteiger partial charge in [-0.3, -0.25) is 10.1 Å². The maximum absolute atomic E-state index is 11.1. The SMILES string of the molecule is C=CC(=O)Nc1nc(C)cc(C2CC2)n1. The van der Waals surface area contributed by atoms with Gasteiger partial charge in [-0.15, -0.1) is 0 Å². The second kappa shape index (κ2) is 3.81.